The van der Waals surface area contributed by atoms with Gasteiger partial charge in [-0.3, -0.25) is 9.69 Å². The first-order chi connectivity index (χ1) is 15.0. The van der Waals surface area contributed by atoms with E-state index in [4.69, 9.17) is 5.26 Å². The molecule has 1 aliphatic heterocycles. The second-order valence-corrected chi connectivity index (χ2v) is 9.78. The minimum atomic E-state index is -1.27. The highest BCUT2D eigenvalue weighted by Crippen LogP contribution is 2.45. The molecule has 0 saturated carbocycles. The highest BCUT2D eigenvalue weighted by atomic mass is 32.2. The van der Waals surface area contributed by atoms with Gasteiger partial charge in [0.1, 0.15) is 11.4 Å². The molecule has 0 aromatic heterocycles. The standard InChI is InChI=1S/C24H31FN4OS/c1-18(2)16-21(23(30)28-11-10-26)31-24(29-14-12-27-13-15-29)9-8-20(17-22(24)25)19-6-4-3-5-7-19/h3-9,17-18,21-22,27H,11-16H2,1-2H3,(H,28,30). The molecule has 166 valence electrons. The molecule has 31 heavy (non-hydrogen) atoms. The molecule has 3 rings (SSSR count). The number of thioether (sulfide) groups is 1. The molecule has 1 aromatic rings. The molecule has 0 spiro atoms. The fourth-order valence-electron chi connectivity index (χ4n) is 4.03. The quantitative estimate of drug-likeness (QED) is 0.604. The van der Waals surface area contributed by atoms with Crippen LogP contribution in [0.5, 0.6) is 0 Å². The Labute approximate surface area is 188 Å². The number of carbonyl (C=O) groups is 1. The van der Waals surface area contributed by atoms with Crippen LogP contribution in [0.3, 0.4) is 0 Å². The topological polar surface area (TPSA) is 68.2 Å². The van der Waals surface area contributed by atoms with Crippen molar-refractivity contribution in [2.45, 2.75) is 36.6 Å². The monoisotopic (exact) mass is 442 g/mol. The summed E-state index contributed by atoms with van der Waals surface area (Å²) in [6, 6.07) is 11.8. The molecule has 0 bridgehead atoms. The molecule has 5 nitrogen and oxygen atoms in total. The van der Waals surface area contributed by atoms with Crippen LogP contribution in [-0.2, 0) is 4.79 Å². The van der Waals surface area contributed by atoms with Crippen LogP contribution in [0.25, 0.3) is 5.57 Å². The van der Waals surface area contributed by atoms with Crippen LogP contribution in [0.2, 0.25) is 0 Å². The van der Waals surface area contributed by atoms with Crippen LogP contribution in [0.1, 0.15) is 25.8 Å². The number of allylic oxidation sites excluding steroid dienone is 2. The minimum Gasteiger partial charge on any atom is -0.342 e. The zero-order valence-corrected chi connectivity index (χ0v) is 19.0. The van der Waals surface area contributed by atoms with Gasteiger partial charge in [0, 0.05) is 26.2 Å². The average Bonchev–Trinajstić information content (AvgIpc) is 2.79. The van der Waals surface area contributed by atoms with E-state index in [2.05, 4.69) is 29.4 Å². The summed E-state index contributed by atoms with van der Waals surface area (Å²) in [5, 5.41) is 14.4. The van der Waals surface area contributed by atoms with Crippen molar-refractivity contribution in [1.82, 2.24) is 15.5 Å². The van der Waals surface area contributed by atoms with Crippen molar-refractivity contribution in [3.8, 4) is 6.07 Å². The summed E-state index contributed by atoms with van der Waals surface area (Å²) in [7, 11) is 0. The third-order valence-corrected chi connectivity index (χ3v) is 7.28. The molecule has 0 radical (unpaired) electrons. The zero-order valence-electron chi connectivity index (χ0n) is 18.2. The molecule has 2 N–H and O–H groups in total. The Hall–Kier alpha value is -2.14. The van der Waals surface area contributed by atoms with Crippen LogP contribution in [0.15, 0.2) is 48.6 Å². The summed E-state index contributed by atoms with van der Waals surface area (Å²) in [5.74, 6) is 0.0691. The highest BCUT2D eigenvalue weighted by Gasteiger charge is 2.47. The Balaban J connectivity index is 1.92. The lowest BCUT2D eigenvalue weighted by Crippen LogP contribution is -2.59. The van der Waals surface area contributed by atoms with E-state index < -0.39 is 16.3 Å². The number of hydrogen-bond donors (Lipinski definition) is 2. The van der Waals surface area contributed by atoms with Crippen molar-refractivity contribution in [3.63, 3.8) is 0 Å². The van der Waals surface area contributed by atoms with Crippen LogP contribution in [0.4, 0.5) is 4.39 Å². The maximum Gasteiger partial charge on any atom is 0.234 e. The van der Waals surface area contributed by atoms with Crippen molar-refractivity contribution in [2.75, 3.05) is 32.7 Å². The fourth-order valence-corrected chi connectivity index (χ4v) is 5.84. The Morgan fingerprint density at radius 2 is 2.06 bits per heavy atom. The van der Waals surface area contributed by atoms with E-state index >= 15 is 4.39 Å². The second-order valence-electron chi connectivity index (χ2n) is 8.32. The molecule has 3 atom stereocenters. The lowest BCUT2D eigenvalue weighted by Gasteiger charge is -2.47. The normalized spacial score (nSPS) is 25.0. The average molecular weight is 443 g/mol. The largest absolute Gasteiger partial charge is 0.342 e. The zero-order chi connectivity index (χ0) is 22.3. The van der Waals surface area contributed by atoms with E-state index in [1.165, 1.54) is 11.8 Å². The molecule has 3 unspecified atom stereocenters. The predicted molar refractivity (Wildman–Crippen MR) is 125 cm³/mol. The first-order valence-corrected chi connectivity index (χ1v) is 11.7. The fraction of sp³-hybridized carbons (Fsp3) is 0.500. The van der Waals surface area contributed by atoms with E-state index in [0.717, 1.165) is 24.2 Å². The number of carbonyl (C=O) groups excluding carboxylic acids is 1. The van der Waals surface area contributed by atoms with Crippen LogP contribution >= 0.6 is 11.8 Å². The van der Waals surface area contributed by atoms with E-state index in [9.17, 15) is 4.79 Å². The van der Waals surface area contributed by atoms with Gasteiger partial charge in [0.15, 0.2) is 6.17 Å². The summed E-state index contributed by atoms with van der Waals surface area (Å²) >= 11 is 1.38. The Bertz CT molecular complexity index is 845. The third-order valence-electron chi connectivity index (χ3n) is 5.59. The number of hydrogen-bond acceptors (Lipinski definition) is 5. The van der Waals surface area contributed by atoms with Crippen molar-refractivity contribution in [1.29, 1.82) is 5.26 Å². The molecule has 1 aromatic carbocycles. The van der Waals surface area contributed by atoms with Gasteiger partial charge in [-0.25, -0.2) is 4.39 Å². The van der Waals surface area contributed by atoms with Crippen molar-refractivity contribution >= 4 is 23.2 Å². The molecular weight excluding hydrogens is 411 g/mol. The molecule has 1 saturated heterocycles. The summed E-state index contributed by atoms with van der Waals surface area (Å²) in [6.45, 7) is 7.06. The third kappa shape index (κ3) is 5.76. The Kier molecular flexibility index (Phi) is 8.30. The van der Waals surface area contributed by atoms with E-state index in [0.29, 0.717) is 19.5 Å². The maximum absolute atomic E-state index is 16.0. The summed E-state index contributed by atoms with van der Waals surface area (Å²) in [5.41, 5.74) is 1.83. The summed E-state index contributed by atoms with van der Waals surface area (Å²) in [6.07, 6.45) is 4.96. The predicted octanol–water partition coefficient (Wildman–Crippen LogP) is 3.37. The summed E-state index contributed by atoms with van der Waals surface area (Å²) in [4.78, 5) is 14.0. The number of nitrogens with one attached hydrogen (secondary N) is 2. The Morgan fingerprint density at radius 1 is 1.35 bits per heavy atom. The Morgan fingerprint density at radius 3 is 2.68 bits per heavy atom. The number of alkyl halides is 1. The number of nitrogens with zero attached hydrogens (tertiary/aromatic N) is 2. The molecule has 1 fully saturated rings. The van der Waals surface area contributed by atoms with Gasteiger partial charge in [-0.05, 0) is 29.6 Å². The number of nitriles is 1. The van der Waals surface area contributed by atoms with Gasteiger partial charge < -0.3 is 10.6 Å². The first-order valence-electron chi connectivity index (χ1n) is 10.8. The summed E-state index contributed by atoms with van der Waals surface area (Å²) < 4.78 is 16.0. The van der Waals surface area contributed by atoms with Gasteiger partial charge in [-0.15, -0.1) is 11.8 Å². The SMILES string of the molecule is CC(C)CC(SC1(N2CCNCC2)C=CC(c2ccccc2)=CC1F)C(=O)NCC#N. The second kappa shape index (κ2) is 10.9. The van der Waals surface area contributed by atoms with Crippen LogP contribution < -0.4 is 10.6 Å². The van der Waals surface area contributed by atoms with Gasteiger partial charge >= 0.3 is 0 Å². The highest BCUT2D eigenvalue weighted by molar-refractivity contribution is 8.02. The number of piperazine rings is 1. The molecule has 7 heteroatoms. The van der Waals surface area contributed by atoms with Crippen molar-refractivity contribution < 1.29 is 9.18 Å². The van der Waals surface area contributed by atoms with Gasteiger partial charge in [0.25, 0.3) is 0 Å². The minimum absolute atomic E-state index is 0.0401. The molecule has 1 aliphatic carbocycles. The number of amides is 1. The molecular formula is C24H31FN4OS. The van der Waals surface area contributed by atoms with Crippen molar-refractivity contribution in [3.05, 3.63) is 54.1 Å². The molecule has 1 heterocycles. The van der Waals surface area contributed by atoms with E-state index in [1.807, 2.05) is 48.6 Å². The number of benzene rings is 1. The first kappa shape index (κ1) is 23.5. The van der Waals surface area contributed by atoms with Crippen LogP contribution in [-0.4, -0.2) is 59.8 Å². The van der Waals surface area contributed by atoms with Gasteiger partial charge in [0.05, 0.1) is 11.3 Å². The molecule has 2 aliphatic rings. The van der Waals surface area contributed by atoms with Gasteiger partial charge in [-0.1, -0.05) is 56.3 Å². The number of rotatable bonds is 8. The van der Waals surface area contributed by atoms with Crippen molar-refractivity contribution in [2.24, 2.45) is 5.92 Å². The van der Waals surface area contributed by atoms with Gasteiger partial charge in [0.2, 0.25) is 5.91 Å². The van der Waals surface area contributed by atoms with E-state index in [1.54, 1.807) is 6.08 Å². The molecule has 1 amide bonds. The van der Waals surface area contributed by atoms with Gasteiger partial charge in [-0.2, -0.15) is 5.26 Å². The van der Waals surface area contributed by atoms with E-state index in [-0.39, 0.29) is 18.4 Å². The maximum atomic E-state index is 16.0. The lowest BCUT2D eigenvalue weighted by molar-refractivity contribution is -0.120. The number of halogens is 1. The lowest BCUT2D eigenvalue weighted by atomic mass is 9.94. The van der Waals surface area contributed by atoms with Crippen LogP contribution in [0, 0.1) is 17.2 Å². The smallest absolute Gasteiger partial charge is 0.234 e.